The van der Waals surface area contributed by atoms with Crippen LogP contribution in [0.5, 0.6) is 0 Å². The van der Waals surface area contributed by atoms with Crippen LogP contribution in [0.1, 0.15) is 18.0 Å². The third-order valence-electron chi connectivity index (χ3n) is 3.20. The molecule has 0 amide bonds. The normalized spacial score (nSPS) is 30.5. The van der Waals surface area contributed by atoms with Gasteiger partial charge in [0, 0.05) is 18.3 Å². The van der Waals surface area contributed by atoms with Gasteiger partial charge in [-0.1, -0.05) is 18.2 Å². The predicted molar refractivity (Wildman–Crippen MR) is 53.8 cm³/mol. The summed E-state index contributed by atoms with van der Waals surface area (Å²) >= 11 is 0. The van der Waals surface area contributed by atoms with E-state index in [0.29, 0.717) is 6.04 Å². The summed E-state index contributed by atoms with van der Waals surface area (Å²) in [4.78, 5) is 0. The van der Waals surface area contributed by atoms with Gasteiger partial charge in [0.25, 0.3) is 0 Å². The molecule has 1 aromatic rings. The van der Waals surface area contributed by atoms with E-state index in [-0.39, 0.29) is 0 Å². The second kappa shape index (κ2) is 2.74. The quantitative estimate of drug-likeness (QED) is 0.626. The Kier molecular flexibility index (Phi) is 1.56. The van der Waals surface area contributed by atoms with Gasteiger partial charge < -0.3 is 10.6 Å². The molecule has 0 saturated carbocycles. The Morgan fingerprint density at radius 2 is 2.15 bits per heavy atom. The minimum absolute atomic E-state index is 0.609. The van der Waals surface area contributed by atoms with Gasteiger partial charge in [-0.25, -0.2) is 0 Å². The summed E-state index contributed by atoms with van der Waals surface area (Å²) in [5.74, 6) is 0.801. The lowest BCUT2D eigenvalue weighted by Crippen LogP contribution is -2.28. The molecule has 0 spiro atoms. The van der Waals surface area contributed by atoms with Crippen LogP contribution in [-0.2, 0) is 0 Å². The maximum Gasteiger partial charge on any atom is 0.0388 e. The lowest BCUT2D eigenvalue weighted by atomic mass is 9.90. The molecule has 0 radical (unpaired) electrons. The number of hydrogen-bond acceptors (Lipinski definition) is 2. The van der Waals surface area contributed by atoms with Crippen LogP contribution in [0.15, 0.2) is 24.3 Å². The van der Waals surface area contributed by atoms with Gasteiger partial charge >= 0.3 is 0 Å². The summed E-state index contributed by atoms with van der Waals surface area (Å²) < 4.78 is 0. The lowest BCUT2D eigenvalue weighted by molar-refractivity contribution is 0.470. The van der Waals surface area contributed by atoms with Gasteiger partial charge in [0.15, 0.2) is 0 Å². The van der Waals surface area contributed by atoms with Crippen molar-refractivity contribution in [3.05, 3.63) is 29.8 Å². The van der Waals surface area contributed by atoms with Gasteiger partial charge in [0.1, 0.15) is 0 Å². The molecule has 2 aliphatic heterocycles. The summed E-state index contributed by atoms with van der Waals surface area (Å²) in [6, 6.07) is 9.24. The zero-order valence-electron chi connectivity index (χ0n) is 7.59. The highest BCUT2D eigenvalue weighted by atomic mass is 15.0. The van der Waals surface area contributed by atoms with E-state index in [0.717, 1.165) is 12.5 Å². The van der Waals surface area contributed by atoms with Crippen LogP contribution in [-0.4, -0.2) is 13.1 Å². The lowest BCUT2D eigenvalue weighted by Gasteiger charge is -2.29. The fraction of sp³-hybridized carbons (Fsp3) is 0.455. The largest absolute Gasteiger partial charge is 0.384 e. The van der Waals surface area contributed by atoms with Crippen LogP contribution in [0.25, 0.3) is 0 Å². The van der Waals surface area contributed by atoms with Crippen molar-refractivity contribution in [1.29, 1.82) is 0 Å². The number of anilines is 1. The minimum Gasteiger partial charge on any atom is -0.384 e. The van der Waals surface area contributed by atoms with Gasteiger partial charge in [-0.05, 0) is 30.5 Å². The first-order valence-electron chi connectivity index (χ1n) is 5.01. The number of nitrogens with one attached hydrogen (secondary N) is 2. The van der Waals surface area contributed by atoms with Gasteiger partial charge in [0.05, 0.1) is 0 Å². The molecule has 3 rings (SSSR count). The topological polar surface area (TPSA) is 24.1 Å². The SMILES string of the molecule is c1ccc2c(c1)NCC1CCNC21. The van der Waals surface area contributed by atoms with Crippen molar-refractivity contribution >= 4 is 5.69 Å². The average Bonchev–Trinajstić information content (AvgIpc) is 2.65. The molecule has 2 heterocycles. The maximum atomic E-state index is 3.57. The minimum atomic E-state index is 0.609. The highest BCUT2D eigenvalue weighted by Crippen LogP contribution is 2.37. The second-order valence-electron chi connectivity index (χ2n) is 3.95. The first-order valence-corrected chi connectivity index (χ1v) is 5.01. The van der Waals surface area contributed by atoms with Crippen molar-refractivity contribution in [2.45, 2.75) is 12.5 Å². The number of hydrogen-bond donors (Lipinski definition) is 2. The molecule has 2 N–H and O–H groups in total. The van der Waals surface area contributed by atoms with E-state index >= 15 is 0 Å². The summed E-state index contributed by atoms with van der Waals surface area (Å²) in [7, 11) is 0. The first kappa shape index (κ1) is 7.39. The Labute approximate surface area is 78.3 Å². The second-order valence-corrected chi connectivity index (χ2v) is 3.95. The molecule has 0 bridgehead atoms. The third kappa shape index (κ3) is 1.05. The Morgan fingerprint density at radius 3 is 3.15 bits per heavy atom. The average molecular weight is 174 g/mol. The van der Waals surface area contributed by atoms with Crippen molar-refractivity contribution in [2.24, 2.45) is 5.92 Å². The Bertz CT molecular complexity index is 322. The molecule has 13 heavy (non-hydrogen) atoms. The van der Waals surface area contributed by atoms with E-state index < -0.39 is 0 Å². The fourth-order valence-electron chi connectivity index (χ4n) is 2.51. The summed E-state index contributed by atoms with van der Waals surface area (Å²) in [6.45, 7) is 2.31. The molecule has 0 aliphatic carbocycles. The monoisotopic (exact) mass is 174 g/mol. The van der Waals surface area contributed by atoms with E-state index in [1.165, 1.54) is 24.2 Å². The van der Waals surface area contributed by atoms with Crippen LogP contribution < -0.4 is 10.6 Å². The highest BCUT2D eigenvalue weighted by molar-refractivity contribution is 5.55. The molecule has 2 heteroatoms. The van der Waals surface area contributed by atoms with Crippen molar-refractivity contribution in [2.75, 3.05) is 18.4 Å². The zero-order valence-corrected chi connectivity index (χ0v) is 7.59. The molecule has 1 saturated heterocycles. The van der Waals surface area contributed by atoms with Crippen LogP contribution in [0.4, 0.5) is 5.69 Å². The molecular weight excluding hydrogens is 160 g/mol. The van der Waals surface area contributed by atoms with Crippen molar-refractivity contribution in [3.63, 3.8) is 0 Å². The van der Waals surface area contributed by atoms with Gasteiger partial charge in [0.2, 0.25) is 0 Å². The van der Waals surface area contributed by atoms with E-state index in [2.05, 4.69) is 34.9 Å². The number of benzene rings is 1. The zero-order chi connectivity index (χ0) is 8.67. The summed E-state index contributed by atoms with van der Waals surface area (Å²) in [5.41, 5.74) is 2.77. The molecule has 2 aliphatic rings. The van der Waals surface area contributed by atoms with E-state index in [9.17, 15) is 0 Å². The predicted octanol–water partition coefficient (Wildman–Crippen LogP) is 1.76. The molecule has 1 aromatic carbocycles. The van der Waals surface area contributed by atoms with Gasteiger partial charge in [-0.2, -0.15) is 0 Å². The Balaban J connectivity index is 2.06. The first-order chi connectivity index (χ1) is 6.45. The van der Waals surface area contributed by atoms with E-state index in [4.69, 9.17) is 0 Å². The van der Waals surface area contributed by atoms with Crippen LogP contribution in [0.3, 0.4) is 0 Å². The van der Waals surface area contributed by atoms with Crippen molar-refractivity contribution in [1.82, 2.24) is 5.32 Å². The van der Waals surface area contributed by atoms with Gasteiger partial charge in [-0.3, -0.25) is 0 Å². The Hall–Kier alpha value is -1.02. The maximum absolute atomic E-state index is 3.57. The van der Waals surface area contributed by atoms with Crippen molar-refractivity contribution < 1.29 is 0 Å². The molecule has 2 unspecified atom stereocenters. The molecule has 2 nitrogen and oxygen atoms in total. The number of fused-ring (bicyclic) bond motifs is 3. The summed E-state index contributed by atoms with van der Waals surface area (Å²) in [6.07, 6.45) is 1.31. The standard InChI is InChI=1S/C11H14N2/c1-2-4-10-9(3-1)11-8(7-13-10)5-6-12-11/h1-4,8,11-13H,5-7H2. The highest BCUT2D eigenvalue weighted by Gasteiger charge is 2.32. The number of para-hydroxylation sites is 1. The van der Waals surface area contributed by atoms with E-state index in [1.807, 2.05) is 0 Å². The Morgan fingerprint density at radius 1 is 1.23 bits per heavy atom. The third-order valence-corrected chi connectivity index (χ3v) is 3.20. The van der Waals surface area contributed by atoms with Crippen LogP contribution >= 0.6 is 0 Å². The van der Waals surface area contributed by atoms with Gasteiger partial charge in [-0.15, -0.1) is 0 Å². The van der Waals surface area contributed by atoms with Crippen molar-refractivity contribution in [3.8, 4) is 0 Å². The molecule has 0 aromatic heterocycles. The van der Waals surface area contributed by atoms with Crippen LogP contribution in [0, 0.1) is 5.92 Å². The fourth-order valence-corrected chi connectivity index (χ4v) is 2.51. The molecular formula is C11H14N2. The number of rotatable bonds is 0. The summed E-state index contributed by atoms with van der Waals surface area (Å²) in [5, 5.41) is 7.07. The molecule has 68 valence electrons. The molecule has 2 atom stereocenters. The van der Waals surface area contributed by atoms with E-state index in [1.54, 1.807) is 0 Å². The smallest absolute Gasteiger partial charge is 0.0388 e. The van der Waals surface area contributed by atoms with Crippen LogP contribution in [0.2, 0.25) is 0 Å². The molecule has 1 fully saturated rings.